The zero-order valence-corrected chi connectivity index (χ0v) is 17.6. The van der Waals surface area contributed by atoms with Crippen LogP contribution in [0.15, 0.2) is 36.4 Å². The molecule has 12 heteroatoms. The molecule has 0 atom stereocenters. The van der Waals surface area contributed by atoms with Gasteiger partial charge in [0, 0.05) is 18.2 Å². The highest BCUT2D eigenvalue weighted by Gasteiger charge is 2.26. The molecule has 0 unspecified atom stereocenters. The maximum atomic E-state index is 12.6. The van der Waals surface area contributed by atoms with E-state index in [4.69, 9.17) is 14.2 Å². The van der Waals surface area contributed by atoms with E-state index < -0.39 is 27.4 Å². The van der Waals surface area contributed by atoms with Crippen molar-refractivity contribution in [2.24, 2.45) is 0 Å². The largest absolute Gasteiger partial charge is 0.497 e. The number of nitrogens with zero attached hydrogens (tertiary/aromatic N) is 2. The number of sulfonamides is 1. The first-order valence-corrected chi connectivity index (χ1v) is 10.3. The molecule has 2 aromatic carbocycles. The minimum atomic E-state index is -3.99. The summed E-state index contributed by atoms with van der Waals surface area (Å²) in [5, 5.41) is 13.7. The van der Waals surface area contributed by atoms with E-state index >= 15 is 0 Å². The van der Waals surface area contributed by atoms with E-state index in [1.54, 1.807) is 12.1 Å². The number of nitro benzene ring substituents is 1. The molecule has 1 amide bonds. The summed E-state index contributed by atoms with van der Waals surface area (Å²) in [6, 6.07) is 8.14. The van der Waals surface area contributed by atoms with Crippen molar-refractivity contribution in [1.82, 2.24) is 0 Å². The Morgan fingerprint density at radius 3 is 2.27 bits per heavy atom. The van der Waals surface area contributed by atoms with Crippen LogP contribution in [0.3, 0.4) is 0 Å². The molecule has 0 saturated carbocycles. The van der Waals surface area contributed by atoms with E-state index in [2.05, 4.69) is 5.32 Å². The summed E-state index contributed by atoms with van der Waals surface area (Å²) in [6.07, 6.45) is 0.881. The van der Waals surface area contributed by atoms with Crippen LogP contribution in [0.2, 0.25) is 0 Å². The number of rotatable bonds is 9. The monoisotopic (exact) mass is 439 g/mol. The van der Waals surface area contributed by atoms with Crippen molar-refractivity contribution in [3.8, 4) is 17.2 Å². The topological polar surface area (TPSA) is 137 Å². The van der Waals surface area contributed by atoms with Gasteiger partial charge in [0.05, 0.1) is 38.2 Å². The van der Waals surface area contributed by atoms with Gasteiger partial charge in [0.2, 0.25) is 15.9 Å². The lowest BCUT2D eigenvalue weighted by molar-refractivity contribution is -0.384. The van der Waals surface area contributed by atoms with Crippen LogP contribution < -0.4 is 23.8 Å². The molecule has 0 aromatic heterocycles. The number of hydrogen-bond donors (Lipinski definition) is 1. The molecule has 2 aromatic rings. The summed E-state index contributed by atoms with van der Waals surface area (Å²) in [6.45, 7) is -0.647. The van der Waals surface area contributed by atoms with Gasteiger partial charge in [0.25, 0.3) is 5.69 Å². The van der Waals surface area contributed by atoms with Gasteiger partial charge in [-0.1, -0.05) is 0 Å². The van der Waals surface area contributed by atoms with Gasteiger partial charge in [-0.25, -0.2) is 8.42 Å². The van der Waals surface area contributed by atoms with E-state index in [1.165, 1.54) is 39.5 Å². The number of anilines is 2. The molecule has 0 fully saturated rings. The molecule has 11 nitrogen and oxygen atoms in total. The van der Waals surface area contributed by atoms with Gasteiger partial charge in [-0.05, 0) is 18.2 Å². The lowest BCUT2D eigenvalue weighted by Crippen LogP contribution is -2.37. The van der Waals surface area contributed by atoms with Crippen molar-refractivity contribution in [3.63, 3.8) is 0 Å². The van der Waals surface area contributed by atoms with Crippen LogP contribution in [0, 0.1) is 10.1 Å². The summed E-state index contributed by atoms with van der Waals surface area (Å²) in [7, 11) is 0.177. The fraction of sp³-hybridized carbons (Fsp3) is 0.278. The average molecular weight is 439 g/mol. The molecule has 30 heavy (non-hydrogen) atoms. The second kappa shape index (κ2) is 9.31. The normalized spacial score (nSPS) is 10.8. The third kappa shape index (κ3) is 5.29. The fourth-order valence-electron chi connectivity index (χ4n) is 2.59. The Hall–Kier alpha value is -3.54. The van der Waals surface area contributed by atoms with Crippen LogP contribution in [-0.4, -0.2) is 53.4 Å². The molecule has 0 saturated heterocycles. The van der Waals surface area contributed by atoms with Crippen molar-refractivity contribution < 1.29 is 32.3 Å². The minimum Gasteiger partial charge on any atom is -0.497 e. The van der Waals surface area contributed by atoms with Crippen LogP contribution in [0.25, 0.3) is 0 Å². The predicted molar refractivity (Wildman–Crippen MR) is 110 cm³/mol. The Labute approximate surface area is 173 Å². The molecule has 162 valence electrons. The Morgan fingerprint density at radius 1 is 1.07 bits per heavy atom. The maximum Gasteiger partial charge on any atom is 0.271 e. The van der Waals surface area contributed by atoms with Crippen LogP contribution in [0.1, 0.15) is 0 Å². The average Bonchev–Trinajstić information content (AvgIpc) is 2.70. The quantitative estimate of drug-likeness (QED) is 0.463. The number of methoxy groups -OCH3 is 3. The molecule has 0 aliphatic rings. The molecule has 0 heterocycles. The molecular weight excluding hydrogens is 418 g/mol. The van der Waals surface area contributed by atoms with Gasteiger partial charge in [0.15, 0.2) is 0 Å². The van der Waals surface area contributed by atoms with Gasteiger partial charge in [-0.15, -0.1) is 0 Å². The minimum absolute atomic E-state index is 0.0563. The number of ether oxygens (including phenoxy) is 3. The van der Waals surface area contributed by atoms with E-state index in [1.807, 2.05) is 0 Å². The second-order valence-electron chi connectivity index (χ2n) is 6.00. The smallest absolute Gasteiger partial charge is 0.271 e. The number of non-ortho nitro benzene ring substituents is 1. The Balaban J connectivity index is 2.38. The summed E-state index contributed by atoms with van der Waals surface area (Å²) < 4.78 is 40.9. The fourth-order valence-corrected chi connectivity index (χ4v) is 3.44. The number of nitro groups is 1. The van der Waals surface area contributed by atoms with Crippen LogP contribution in [-0.2, 0) is 14.8 Å². The van der Waals surface area contributed by atoms with Crippen molar-refractivity contribution in [2.75, 3.05) is 43.8 Å². The third-order valence-corrected chi connectivity index (χ3v) is 5.14. The number of amides is 1. The summed E-state index contributed by atoms with van der Waals surface area (Å²) >= 11 is 0. The van der Waals surface area contributed by atoms with Crippen molar-refractivity contribution in [3.05, 3.63) is 46.5 Å². The van der Waals surface area contributed by atoms with Gasteiger partial charge < -0.3 is 19.5 Å². The van der Waals surface area contributed by atoms with Crippen LogP contribution >= 0.6 is 0 Å². The highest BCUT2D eigenvalue weighted by molar-refractivity contribution is 7.92. The maximum absolute atomic E-state index is 12.6. The van der Waals surface area contributed by atoms with Crippen LogP contribution in [0.4, 0.5) is 17.1 Å². The Morgan fingerprint density at radius 2 is 1.73 bits per heavy atom. The highest BCUT2D eigenvalue weighted by atomic mass is 32.2. The molecule has 1 N–H and O–H groups in total. The van der Waals surface area contributed by atoms with Gasteiger partial charge in [0.1, 0.15) is 29.5 Å². The first-order valence-electron chi connectivity index (χ1n) is 8.42. The number of hydrogen-bond acceptors (Lipinski definition) is 8. The zero-order chi connectivity index (χ0) is 22.5. The lowest BCUT2D eigenvalue weighted by Gasteiger charge is -2.23. The molecule has 2 rings (SSSR count). The molecule has 0 aliphatic carbocycles. The first-order chi connectivity index (χ1) is 14.1. The number of nitrogens with one attached hydrogen (secondary N) is 1. The standard InChI is InChI=1S/C18H21N3O8S/c1-27-13-6-7-14(17(10-13)29-3)19-18(22)11-20(30(4,25)26)15-9-12(21(23)24)5-8-16(15)28-2/h5-10H,11H2,1-4H3,(H,19,22). The zero-order valence-electron chi connectivity index (χ0n) is 16.7. The number of carbonyl (C=O) groups is 1. The SMILES string of the molecule is COc1ccc(NC(=O)CN(c2cc([N+](=O)[O-])ccc2OC)S(C)(=O)=O)c(OC)c1. The second-order valence-corrected chi connectivity index (χ2v) is 7.90. The molecule has 0 radical (unpaired) electrons. The number of carbonyl (C=O) groups excluding carboxylic acids is 1. The van der Waals surface area contributed by atoms with E-state index in [-0.39, 0.29) is 17.1 Å². The van der Waals surface area contributed by atoms with Crippen molar-refractivity contribution in [1.29, 1.82) is 0 Å². The van der Waals surface area contributed by atoms with Gasteiger partial charge >= 0.3 is 0 Å². The van der Waals surface area contributed by atoms with Gasteiger partial charge in [-0.3, -0.25) is 19.2 Å². The first kappa shape index (κ1) is 22.7. The Kier molecular flexibility index (Phi) is 7.06. The summed E-state index contributed by atoms with van der Waals surface area (Å²) in [4.78, 5) is 23.0. The summed E-state index contributed by atoms with van der Waals surface area (Å²) in [5.41, 5.74) is -0.189. The molecule has 0 bridgehead atoms. The highest BCUT2D eigenvalue weighted by Crippen LogP contribution is 2.34. The van der Waals surface area contributed by atoms with Crippen molar-refractivity contribution >= 4 is 33.0 Å². The van der Waals surface area contributed by atoms with Gasteiger partial charge in [-0.2, -0.15) is 0 Å². The number of benzene rings is 2. The molecular formula is C18H21N3O8S. The van der Waals surface area contributed by atoms with Crippen molar-refractivity contribution in [2.45, 2.75) is 0 Å². The van der Waals surface area contributed by atoms with E-state index in [0.717, 1.165) is 16.6 Å². The van der Waals surface area contributed by atoms with E-state index in [9.17, 15) is 23.3 Å². The predicted octanol–water partition coefficient (Wildman–Crippen LogP) is 2.03. The summed E-state index contributed by atoms with van der Waals surface area (Å²) in [5.74, 6) is 0.170. The molecule has 0 spiro atoms. The third-order valence-electron chi connectivity index (χ3n) is 4.01. The molecule has 0 aliphatic heterocycles. The lowest BCUT2D eigenvalue weighted by atomic mass is 10.2. The van der Waals surface area contributed by atoms with E-state index in [0.29, 0.717) is 17.2 Å². The van der Waals surface area contributed by atoms with Crippen LogP contribution in [0.5, 0.6) is 17.2 Å². The Bertz CT molecular complexity index is 1060.